The number of rotatable bonds is 5. The van der Waals surface area contributed by atoms with Gasteiger partial charge in [0.1, 0.15) is 11.6 Å². The van der Waals surface area contributed by atoms with Crippen LogP contribution in [0.25, 0.3) is 0 Å². The van der Waals surface area contributed by atoms with Gasteiger partial charge in [-0.25, -0.2) is 13.6 Å². The molecule has 3 nitrogen and oxygen atoms in total. The van der Waals surface area contributed by atoms with Gasteiger partial charge < -0.3 is 10.6 Å². The molecular formula is C14H17ClF2N2O. The lowest BCUT2D eigenvalue weighted by Crippen LogP contribution is -2.41. The van der Waals surface area contributed by atoms with Gasteiger partial charge in [0.15, 0.2) is 0 Å². The Kier molecular flexibility index (Phi) is 4.48. The maximum Gasteiger partial charge on any atom is 0.314 e. The van der Waals surface area contributed by atoms with Crippen LogP contribution in [-0.2, 0) is 5.41 Å². The molecule has 0 saturated heterocycles. The van der Waals surface area contributed by atoms with Gasteiger partial charge in [0.05, 0.1) is 0 Å². The van der Waals surface area contributed by atoms with Crippen molar-refractivity contribution >= 4 is 17.6 Å². The van der Waals surface area contributed by atoms with E-state index in [-0.39, 0.29) is 11.9 Å². The van der Waals surface area contributed by atoms with E-state index in [4.69, 9.17) is 11.6 Å². The summed E-state index contributed by atoms with van der Waals surface area (Å²) in [5, 5.41) is 5.31. The Hall–Kier alpha value is -1.36. The second kappa shape index (κ2) is 5.95. The van der Waals surface area contributed by atoms with Crippen molar-refractivity contribution in [1.82, 2.24) is 10.6 Å². The Morgan fingerprint density at radius 3 is 2.70 bits per heavy atom. The number of carbonyl (C=O) groups is 1. The molecule has 0 bridgehead atoms. The topological polar surface area (TPSA) is 41.1 Å². The molecule has 1 saturated carbocycles. The fourth-order valence-electron chi connectivity index (χ4n) is 2.56. The third kappa shape index (κ3) is 3.03. The van der Waals surface area contributed by atoms with Crippen LogP contribution in [0.4, 0.5) is 13.6 Å². The highest BCUT2D eigenvalue weighted by atomic mass is 35.5. The smallest absolute Gasteiger partial charge is 0.314 e. The van der Waals surface area contributed by atoms with Gasteiger partial charge in [-0.1, -0.05) is 13.0 Å². The van der Waals surface area contributed by atoms with Crippen molar-refractivity contribution in [1.29, 1.82) is 0 Å². The van der Waals surface area contributed by atoms with Gasteiger partial charge >= 0.3 is 6.03 Å². The molecule has 0 heterocycles. The van der Waals surface area contributed by atoms with Crippen molar-refractivity contribution in [3.05, 3.63) is 35.4 Å². The van der Waals surface area contributed by atoms with Crippen molar-refractivity contribution in [3.63, 3.8) is 0 Å². The van der Waals surface area contributed by atoms with E-state index in [2.05, 4.69) is 10.6 Å². The van der Waals surface area contributed by atoms with Crippen LogP contribution >= 0.6 is 11.6 Å². The summed E-state index contributed by atoms with van der Waals surface area (Å²) in [6.07, 6.45) is 0.769. The summed E-state index contributed by atoms with van der Waals surface area (Å²) in [7, 11) is 0. The minimum absolute atomic E-state index is 0.246. The molecule has 0 spiro atoms. The molecule has 2 amide bonds. The molecule has 20 heavy (non-hydrogen) atoms. The number of halogens is 3. The molecule has 1 aromatic rings. The van der Waals surface area contributed by atoms with Crippen LogP contribution in [0.2, 0.25) is 0 Å². The average Bonchev–Trinajstić information content (AvgIpc) is 3.05. The normalized spacial score (nSPS) is 24.3. The van der Waals surface area contributed by atoms with Crippen LogP contribution in [0.3, 0.4) is 0 Å². The zero-order valence-corrected chi connectivity index (χ0v) is 11.9. The molecule has 1 fully saturated rings. The van der Waals surface area contributed by atoms with Gasteiger partial charge in [0.2, 0.25) is 0 Å². The second-order valence-electron chi connectivity index (χ2n) is 5.18. The molecule has 2 atom stereocenters. The Morgan fingerprint density at radius 2 is 2.15 bits per heavy atom. The van der Waals surface area contributed by atoms with Crippen LogP contribution < -0.4 is 10.6 Å². The van der Waals surface area contributed by atoms with Crippen LogP contribution in [0, 0.1) is 17.6 Å². The lowest BCUT2D eigenvalue weighted by Gasteiger charge is -2.19. The predicted octanol–water partition coefficient (Wildman–Crippen LogP) is 2.78. The molecular weight excluding hydrogens is 286 g/mol. The molecule has 2 rings (SSSR count). The van der Waals surface area contributed by atoms with Crippen molar-refractivity contribution in [2.75, 3.05) is 19.0 Å². The number of benzene rings is 1. The largest absolute Gasteiger partial charge is 0.337 e. The van der Waals surface area contributed by atoms with Gasteiger partial charge in [-0.05, 0) is 24.0 Å². The third-order valence-electron chi connectivity index (χ3n) is 3.87. The standard InChI is InChI=1S/C14H17ClF2N2O/c1-9-7-14(9,8-19-13(20)18-5-4-15)11-3-2-10(16)6-12(11)17/h2-3,6,9H,4-5,7-8H2,1H3,(H2,18,19,20). The Morgan fingerprint density at radius 1 is 1.45 bits per heavy atom. The van der Waals surface area contributed by atoms with E-state index < -0.39 is 17.0 Å². The van der Waals surface area contributed by atoms with E-state index >= 15 is 0 Å². The number of amides is 2. The highest BCUT2D eigenvalue weighted by Gasteiger charge is 2.53. The molecule has 0 aromatic heterocycles. The van der Waals surface area contributed by atoms with Gasteiger partial charge in [-0.3, -0.25) is 0 Å². The van der Waals surface area contributed by atoms with E-state index in [9.17, 15) is 13.6 Å². The maximum absolute atomic E-state index is 13.9. The molecule has 110 valence electrons. The molecule has 1 aliphatic rings. The number of alkyl halides is 1. The van der Waals surface area contributed by atoms with E-state index in [0.717, 1.165) is 12.5 Å². The second-order valence-corrected chi connectivity index (χ2v) is 5.56. The highest BCUT2D eigenvalue weighted by Crippen LogP contribution is 2.54. The maximum atomic E-state index is 13.9. The fraction of sp³-hybridized carbons (Fsp3) is 0.500. The lowest BCUT2D eigenvalue weighted by molar-refractivity contribution is 0.240. The summed E-state index contributed by atoms with van der Waals surface area (Å²) in [5.41, 5.74) is 0.0276. The summed E-state index contributed by atoms with van der Waals surface area (Å²) in [5.74, 6) is -0.572. The van der Waals surface area contributed by atoms with E-state index in [1.807, 2.05) is 6.92 Å². The summed E-state index contributed by atoms with van der Waals surface area (Å²) in [4.78, 5) is 11.5. The van der Waals surface area contributed by atoms with E-state index in [0.29, 0.717) is 24.5 Å². The van der Waals surface area contributed by atoms with Crippen molar-refractivity contribution in [3.8, 4) is 0 Å². The van der Waals surface area contributed by atoms with Crippen molar-refractivity contribution in [2.45, 2.75) is 18.8 Å². The number of urea groups is 1. The molecule has 2 N–H and O–H groups in total. The Bertz CT molecular complexity index is 512. The minimum atomic E-state index is -0.595. The number of hydrogen-bond acceptors (Lipinski definition) is 1. The zero-order valence-electron chi connectivity index (χ0n) is 11.2. The SMILES string of the molecule is CC1CC1(CNC(=O)NCCCl)c1ccc(F)cc1F. The fourth-order valence-corrected chi connectivity index (χ4v) is 2.65. The number of hydrogen-bond donors (Lipinski definition) is 2. The van der Waals surface area contributed by atoms with Gasteiger partial charge in [-0.15, -0.1) is 11.6 Å². The zero-order chi connectivity index (χ0) is 14.8. The molecule has 1 aromatic carbocycles. The first-order chi connectivity index (χ1) is 9.49. The number of nitrogens with one attached hydrogen (secondary N) is 2. The molecule has 0 radical (unpaired) electrons. The molecule has 0 aliphatic heterocycles. The third-order valence-corrected chi connectivity index (χ3v) is 4.05. The quantitative estimate of drug-likeness (QED) is 0.807. The van der Waals surface area contributed by atoms with Crippen LogP contribution in [0.15, 0.2) is 18.2 Å². The van der Waals surface area contributed by atoms with Crippen LogP contribution in [0.5, 0.6) is 0 Å². The first-order valence-corrected chi connectivity index (χ1v) is 7.06. The van der Waals surface area contributed by atoms with Crippen molar-refractivity contribution < 1.29 is 13.6 Å². The molecule has 2 unspecified atom stereocenters. The summed E-state index contributed by atoms with van der Waals surface area (Å²) in [6, 6.07) is 3.27. The predicted molar refractivity (Wildman–Crippen MR) is 73.9 cm³/mol. The monoisotopic (exact) mass is 302 g/mol. The average molecular weight is 303 g/mol. The summed E-state index contributed by atoms with van der Waals surface area (Å²) in [6.45, 7) is 2.69. The number of carbonyl (C=O) groups excluding carboxylic acids is 1. The Balaban J connectivity index is 2.05. The molecule has 1 aliphatic carbocycles. The van der Waals surface area contributed by atoms with Crippen LogP contribution in [-0.4, -0.2) is 25.0 Å². The van der Waals surface area contributed by atoms with Crippen molar-refractivity contribution in [2.24, 2.45) is 5.92 Å². The summed E-state index contributed by atoms with van der Waals surface area (Å²) >= 11 is 5.48. The lowest BCUT2D eigenvalue weighted by atomic mass is 9.93. The van der Waals surface area contributed by atoms with E-state index in [1.54, 1.807) is 0 Å². The minimum Gasteiger partial charge on any atom is -0.337 e. The summed E-state index contributed by atoms with van der Waals surface area (Å²) < 4.78 is 26.9. The van der Waals surface area contributed by atoms with Gasteiger partial charge in [-0.2, -0.15) is 0 Å². The molecule has 6 heteroatoms. The van der Waals surface area contributed by atoms with Crippen LogP contribution in [0.1, 0.15) is 18.9 Å². The van der Waals surface area contributed by atoms with E-state index in [1.165, 1.54) is 12.1 Å². The first kappa shape index (κ1) is 15.0. The van der Waals surface area contributed by atoms with Gasteiger partial charge in [0, 0.05) is 30.5 Å². The Labute approximate surface area is 121 Å². The highest BCUT2D eigenvalue weighted by molar-refractivity contribution is 6.18. The van der Waals surface area contributed by atoms with Gasteiger partial charge in [0.25, 0.3) is 0 Å². The first-order valence-electron chi connectivity index (χ1n) is 6.53.